The second-order valence-electron chi connectivity index (χ2n) is 13.2. The van der Waals surface area contributed by atoms with Gasteiger partial charge in [0.1, 0.15) is 24.4 Å². The Morgan fingerprint density at radius 2 is 1.68 bits per heavy atom. The van der Waals surface area contributed by atoms with Crippen LogP contribution in [0.15, 0.2) is 0 Å². The third-order valence-corrected chi connectivity index (χ3v) is 11.5. The fraction of sp³-hybridized carbons (Fsp3) is 0.963. The van der Waals surface area contributed by atoms with Gasteiger partial charge >= 0.3 is 5.97 Å². The summed E-state index contributed by atoms with van der Waals surface area (Å²) in [6, 6.07) is 0. The Kier molecular flexibility index (Phi) is 7.23. The van der Waals surface area contributed by atoms with Crippen molar-refractivity contribution in [1.82, 2.24) is 0 Å². The van der Waals surface area contributed by atoms with Gasteiger partial charge < -0.3 is 50.0 Å². The Balaban J connectivity index is 1.49. The maximum absolute atomic E-state index is 13.0. The van der Waals surface area contributed by atoms with Gasteiger partial charge in [0.2, 0.25) is 0 Å². The van der Waals surface area contributed by atoms with Gasteiger partial charge in [0.15, 0.2) is 6.29 Å². The molecule has 11 nitrogen and oxygen atoms in total. The summed E-state index contributed by atoms with van der Waals surface area (Å²) in [5.74, 6) is -1.18. The summed E-state index contributed by atoms with van der Waals surface area (Å²) in [7, 11) is 1.35. The van der Waals surface area contributed by atoms with E-state index in [0.717, 1.165) is 12.8 Å². The lowest BCUT2D eigenvalue weighted by atomic mass is 9.39. The van der Waals surface area contributed by atoms with Crippen molar-refractivity contribution in [3.05, 3.63) is 0 Å². The molecule has 2 bridgehead atoms. The summed E-state index contributed by atoms with van der Waals surface area (Å²) in [6.07, 6.45) is -5.55. The molecule has 1 saturated heterocycles. The van der Waals surface area contributed by atoms with E-state index in [1.165, 1.54) is 7.11 Å². The van der Waals surface area contributed by atoms with Crippen molar-refractivity contribution in [1.29, 1.82) is 0 Å². The molecule has 5 aliphatic rings. The monoisotopic (exact) mass is 544 g/mol. The smallest absolute Gasteiger partial charge is 0.311 e. The lowest BCUT2D eigenvalue weighted by Crippen LogP contribution is -2.69. The highest BCUT2D eigenvalue weighted by atomic mass is 16.7. The molecule has 0 unspecified atom stereocenters. The van der Waals surface area contributed by atoms with Crippen LogP contribution in [0.1, 0.15) is 58.8 Å². The molecule has 5 fully saturated rings. The van der Waals surface area contributed by atoms with Crippen molar-refractivity contribution in [3.63, 3.8) is 0 Å². The van der Waals surface area contributed by atoms with Gasteiger partial charge in [0.05, 0.1) is 43.5 Å². The molecule has 0 aromatic heterocycles. The molecule has 218 valence electrons. The van der Waals surface area contributed by atoms with E-state index in [4.69, 9.17) is 14.2 Å². The van der Waals surface area contributed by atoms with Crippen molar-refractivity contribution in [2.45, 2.75) is 107 Å². The predicted molar refractivity (Wildman–Crippen MR) is 130 cm³/mol. The van der Waals surface area contributed by atoms with Crippen molar-refractivity contribution in [3.8, 4) is 0 Å². The molecule has 1 spiro atoms. The van der Waals surface area contributed by atoms with Gasteiger partial charge in [-0.15, -0.1) is 0 Å². The summed E-state index contributed by atoms with van der Waals surface area (Å²) >= 11 is 0. The van der Waals surface area contributed by atoms with Gasteiger partial charge in [-0.2, -0.15) is 0 Å². The van der Waals surface area contributed by atoms with E-state index in [-0.39, 0.29) is 24.2 Å². The molecule has 1 aliphatic heterocycles. The van der Waals surface area contributed by atoms with Crippen LogP contribution in [0.2, 0.25) is 0 Å². The maximum atomic E-state index is 13.0. The largest absolute Gasteiger partial charge is 0.469 e. The molecule has 4 aliphatic carbocycles. The van der Waals surface area contributed by atoms with Crippen LogP contribution in [0.5, 0.6) is 0 Å². The number of rotatable bonds is 5. The molecular formula is C27H44O11. The van der Waals surface area contributed by atoms with Crippen LogP contribution in [0.25, 0.3) is 0 Å². The third kappa shape index (κ3) is 3.70. The molecule has 7 N–H and O–H groups in total. The minimum absolute atomic E-state index is 0.0641. The first kappa shape index (κ1) is 28.6. The van der Waals surface area contributed by atoms with Crippen LogP contribution in [0, 0.1) is 34.0 Å². The molecule has 1 heterocycles. The number of ether oxygens (including phenoxy) is 3. The molecule has 0 aromatic carbocycles. The average molecular weight is 545 g/mol. The third-order valence-electron chi connectivity index (χ3n) is 11.5. The van der Waals surface area contributed by atoms with Crippen LogP contribution >= 0.6 is 0 Å². The number of fused-ring (bicyclic) bond motifs is 3. The van der Waals surface area contributed by atoms with Gasteiger partial charge in [-0.3, -0.25) is 4.79 Å². The van der Waals surface area contributed by atoms with E-state index in [1.807, 2.05) is 6.92 Å². The van der Waals surface area contributed by atoms with Gasteiger partial charge in [0, 0.05) is 11.3 Å². The lowest BCUT2D eigenvalue weighted by molar-refractivity contribution is -0.335. The molecule has 4 saturated carbocycles. The highest BCUT2D eigenvalue weighted by Crippen LogP contribution is 2.73. The van der Waals surface area contributed by atoms with E-state index >= 15 is 0 Å². The first-order valence-corrected chi connectivity index (χ1v) is 13.9. The number of esters is 1. The fourth-order valence-corrected chi connectivity index (χ4v) is 9.90. The van der Waals surface area contributed by atoms with Crippen LogP contribution in [0.4, 0.5) is 0 Å². The standard InChI is InChI=1S/C27H44O11/c1-24-7-4-8-25(2,23(35)36-3)20(24)19(33)21(34)26-9-13(5-6-15(24)26)27(11-26,12-29)38-22-18(32)17(31)16(30)14(10-28)37-22/h13-22,28-34H,4-12H2,1-3H3/t13-,14+,15-,16+,17-,18+,19-,20-,21-,22-,24-,25+,26+,27-/m0/s1. The summed E-state index contributed by atoms with van der Waals surface area (Å²) < 4.78 is 17.1. The first-order valence-electron chi connectivity index (χ1n) is 13.9. The number of hydrogen-bond donors (Lipinski definition) is 7. The molecule has 11 heteroatoms. The number of carbonyl (C=O) groups is 1. The molecule has 0 amide bonds. The minimum Gasteiger partial charge on any atom is -0.469 e. The number of aliphatic hydroxyl groups excluding tert-OH is 7. The molecular weight excluding hydrogens is 500 g/mol. The van der Waals surface area contributed by atoms with E-state index < -0.39 is 83.9 Å². The Morgan fingerprint density at radius 1 is 0.974 bits per heavy atom. The van der Waals surface area contributed by atoms with Gasteiger partial charge in [-0.1, -0.05) is 13.3 Å². The molecule has 0 aromatic rings. The van der Waals surface area contributed by atoms with Crippen LogP contribution < -0.4 is 0 Å². The number of carbonyl (C=O) groups excluding carboxylic acids is 1. The maximum Gasteiger partial charge on any atom is 0.311 e. The zero-order valence-corrected chi connectivity index (χ0v) is 22.4. The Labute approximate surface area is 222 Å². The van der Waals surface area contributed by atoms with Crippen molar-refractivity contribution < 1.29 is 54.8 Å². The van der Waals surface area contributed by atoms with E-state index in [9.17, 15) is 40.5 Å². The summed E-state index contributed by atoms with van der Waals surface area (Å²) in [4.78, 5) is 13.0. The van der Waals surface area contributed by atoms with Gasteiger partial charge in [0.25, 0.3) is 0 Å². The Morgan fingerprint density at radius 3 is 2.32 bits per heavy atom. The van der Waals surface area contributed by atoms with E-state index in [1.54, 1.807) is 0 Å². The SMILES string of the molecule is COC(=O)[C@]1(C)CCC[C@@]2(C)[C@@H]3CC[C@H]4C[C@]3(C[C@@]4(CO)O[C@@H]3O[C@H](CO)[C@@H](O)[C@H](O)[C@H]3O)[C@@H](O)[C@@H](O)[C@@H]21. The van der Waals surface area contributed by atoms with Crippen LogP contribution in [-0.2, 0) is 19.0 Å². The zero-order valence-electron chi connectivity index (χ0n) is 22.4. The minimum atomic E-state index is -1.62. The first-order chi connectivity index (χ1) is 17.8. The van der Waals surface area contributed by atoms with Gasteiger partial charge in [-0.25, -0.2) is 0 Å². The van der Waals surface area contributed by atoms with E-state index in [2.05, 4.69) is 6.92 Å². The molecule has 14 atom stereocenters. The van der Waals surface area contributed by atoms with Crippen molar-refractivity contribution >= 4 is 5.97 Å². The zero-order chi connectivity index (χ0) is 27.8. The van der Waals surface area contributed by atoms with Crippen molar-refractivity contribution in [2.75, 3.05) is 20.3 Å². The Bertz CT molecular complexity index is 915. The number of methoxy groups -OCH3 is 1. The highest BCUT2D eigenvalue weighted by molar-refractivity contribution is 5.77. The molecule has 5 rings (SSSR count). The predicted octanol–water partition coefficient (Wildman–Crippen LogP) is -0.938. The topological polar surface area (TPSA) is 186 Å². The number of hydrogen-bond acceptors (Lipinski definition) is 11. The quantitative estimate of drug-likeness (QED) is 0.212. The van der Waals surface area contributed by atoms with Gasteiger partial charge in [-0.05, 0) is 62.7 Å². The number of aliphatic hydroxyl groups is 7. The highest BCUT2D eigenvalue weighted by Gasteiger charge is 2.74. The van der Waals surface area contributed by atoms with E-state index in [0.29, 0.717) is 25.7 Å². The molecule has 0 radical (unpaired) electrons. The van der Waals surface area contributed by atoms with Crippen LogP contribution in [0.3, 0.4) is 0 Å². The fourth-order valence-electron chi connectivity index (χ4n) is 9.90. The summed E-state index contributed by atoms with van der Waals surface area (Å²) in [5, 5.41) is 74.9. The second kappa shape index (κ2) is 9.60. The van der Waals surface area contributed by atoms with Crippen molar-refractivity contribution in [2.24, 2.45) is 34.0 Å². The second-order valence-corrected chi connectivity index (χ2v) is 13.2. The van der Waals surface area contributed by atoms with Crippen LogP contribution in [-0.4, -0.2) is 111 Å². The Hall–Kier alpha value is -0.890. The average Bonchev–Trinajstić information content (AvgIpc) is 3.14. The molecule has 38 heavy (non-hydrogen) atoms. The normalized spacial score (nSPS) is 56.2. The lowest BCUT2D eigenvalue weighted by Gasteiger charge is -2.66. The summed E-state index contributed by atoms with van der Waals surface area (Å²) in [5.41, 5.74) is -3.47. The summed E-state index contributed by atoms with van der Waals surface area (Å²) in [6.45, 7) is 2.90.